The molecule has 2 aromatic rings. The van der Waals surface area contributed by atoms with Crippen molar-refractivity contribution < 1.29 is 9.53 Å². The van der Waals surface area contributed by atoms with Crippen LogP contribution in [0.1, 0.15) is 15.9 Å². The van der Waals surface area contributed by atoms with Crippen molar-refractivity contribution in [1.82, 2.24) is 0 Å². The van der Waals surface area contributed by atoms with E-state index in [9.17, 15) is 4.79 Å². The Morgan fingerprint density at radius 2 is 2.05 bits per heavy atom. The zero-order valence-electron chi connectivity index (χ0n) is 10.0. The molecule has 0 saturated carbocycles. The molecule has 0 atom stereocenters. The molecule has 0 spiro atoms. The van der Waals surface area contributed by atoms with Crippen molar-refractivity contribution in [2.24, 2.45) is 0 Å². The van der Waals surface area contributed by atoms with Crippen LogP contribution in [0.3, 0.4) is 0 Å². The van der Waals surface area contributed by atoms with Crippen LogP contribution in [0, 0.1) is 0 Å². The Morgan fingerprint density at radius 3 is 2.68 bits per heavy atom. The van der Waals surface area contributed by atoms with E-state index in [4.69, 9.17) is 27.9 Å². The largest absolute Gasteiger partial charge is 0.496 e. The van der Waals surface area contributed by atoms with Gasteiger partial charge in [-0.05, 0) is 24.3 Å². The second-order valence-corrected chi connectivity index (χ2v) is 5.96. The molecule has 1 heterocycles. The van der Waals surface area contributed by atoms with Crippen LogP contribution in [-0.4, -0.2) is 12.9 Å². The van der Waals surface area contributed by atoms with E-state index in [1.54, 1.807) is 19.3 Å². The maximum absolute atomic E-state index is 12.0. The fourth-order valence-corrected chi connectivity index (χ4v) is 3.04. The number of allylic oxidation sites excluding steroid dienone is 1. The smallest absolute Gasteiger partial charge is 0.188 e. The molecule has 1 aromatic heterocycles. The zero-order valence-corrected chi connectivity index (χ0v) is 12.4. The van der Waals surface area contributed by atoms with Crippen LogP contribution in [0.25, 0.3) is 6.08 Å². The van der Waals surface area contributed by atoms with Gasteiger partial charge in [-0.3, -0.25) is 4.79 Å². The van der Waals surface area contributed by atoms with Gasteiger partial charge in [0.25, 0.3) is 0 Å². The number of thiophene rings is 1. The van der Waals surface area contributed by atoms with Crippen molar-refractivity contribution in [2.45, 2.75) is 0 Å². The summed E-state index contributed by atoms with van der Waals surface area (Å²) >= 11 is 12.9. The molecule has 98 valence electrons. The van der Waals surface area contributed by atoms with E-state index in [0.717, 1.165) is 5.56 Å². The van der Waals surface area contributed by atoms with Crippen LogP contribution < -0.4 is 4.74 Å². The normalized spacial score (nSPS) is 10.9. The van der Waals surface area contributed by atoms with Crippen molar-refractivity contribution >= 4 is 46.4 Å². The van der Waals surface area contributed by atoms with Crippen molar-refractivity contribution in [3.8, 4) is 5.75 Å². The van der Waals surface area contributed by atoms with E-state index < -0.39 is 0 Å². The summed E-state index contributed by atoms with van der Waals surface area (Å²) in [5, 5.41) is 0. The maximum atomic E-state index is 12.0. The van der Waals surface area contributed by atoms with Gasteiger partial charge in [-0.2, -0.15) is 0 Å². The average molecular weight is 313 g/mol. The van der Waals surface area contributed by atoms with E-state index >= 15 is 0 Å². The summed E-state index contributed by atoms with van der Waals surface area (Å²) in [6.45, 7) is 0. The number of benzene rings is 1. The first-order valence-corrected chi connectivity index (χ1v) is 6.99. The minimum Gasteiger partial charge on any atom is -0.496 e. The van der Waals surface area contributed by atoms with Gasteiger partial charge in [0.1, 0.15) is 10.1 Å². The Kier molecular flexibility index (Phi) is 4.64. The number of hydrogen-bond acceptors (Lipinski definition) is 3. The lowest BCUT2D eigenvalue weighted by Gasteiger charge is -2.02. The molecule has 5 heteroatoms. The summed E-state index contributed by atoms with van der Waals surface area (Å²) < 4.78 is 6.11. The summed E-state index contributed by atoms with van der Waals surface area (Å²) in [6.07, 6.45) is 3.16. The zero-order chi connectivity index (χ0) is 13.8. The summed E-state index contributed by atoms with van der Waals surface area (Å²) in [7, 11) is 1.59. The van der Waals surface area contributed by atoms with Gasteiger partial charge in [-0.25, -0.2) is 0 Å². The summed E-state index contributed by atoms with van der Waals surface area (Å²) in [5.74, 6) is 0.528. The lowest BCUT2D eigenvalue weighted by molar-refractivity contribution is 0.104. The average Bonchev–Trinajstić information content (AvgIpc) is 2.75. The molecule has 0 amide bonds. The Balaban J connectivity index is 2.23. The van der Waals surface area contributed by atoms with Crippen LogP contribution in [0.4, 0.5) is 0 Å². The third-order valence-corrected chi connectivity index (χ3v) is 3.96. The van der Waals surface area contributed by atoms with Gasteiger partial charge in [-0.15, -0.1) is 11.3 Å². The van der Waals surface area contributed by atoms with Crippen LogP contribution in [0.2, 0.25) is 8.67 Å². The minimum atomic E-state index is -0.181. The molecule has 0 saturated heterocycles. The standard InChI is InChI=1S/C14H10Cl2O2S/c1-18-12-5-3-2-4-9(12)6-7-11(17)10-8-13(15)19-14(10)16/h2-8H,1H3/b7-6+. The number of methoxy groups -OCH3 is 1. The van der Waals surface area contributed by atoms with E-state index in [-0.39, 0.29) is 5.78 Å². The fourth-order valence-electron chi connectivity index (χ4n) is 1.57. The van der Waals surface area contributed by atoms with Crippen molar-refractivity contribution in [1.29, 1.82) is 0 Å². The number of carbonyl (C=O) groups excluding carboxylic acids is 1. The summed E-state index contributed by atoms with van der Waals surface area (Å²) in [4.78, 5) is 12.0. The van der Waals surface area contributed by atoms with Gasteiger partial charge >= 0.3 is 0 Å². The molecule has 0 unspecified atom stereocenters. The molecule has 0 N–H and O–H groups in total. The van der Waals surface area contributed by atoms with Crippen LogP contribution in [0.15, 0.2) is 36.4 Å². The van der Waals surface area contributed by atoms with E-state index in [1.165, 1.54) is 17.4 Å². The number of ether oxygens (including phenoxy) is 1. The van der Waals surface area contributed by atoms with Crippen LogP contribution in [-0.2, 0) is 0 Å². The van der Waals surface area contributed by atoms with Gasteiger partial charge in [0.2, 0.25) is 0 Å². The monoisotopic (exact) mass is 312 g/mol. The Bertz CT molecular complexity index is 632. The highest BCUT2D eigenvalue weighted by molar-refractivity contribution is 7.20. The van der Waals surface area contributed by atoms with E-state index in [0.29, 0.717) is 20.0 Å². The first-order chi connectivity index (χ1) is 9.11. The molecule has 0 aliphatic heterocycles. The molecule has 19 heavy (non-hydrogen) atoms. The minimum absolute atomic E-state index is 0.181. The van der Waals surface area contributed by atoms with Gasteiger partial charge in [-0.1, -0.05) is 41.4 Å². The van der Waals surface area contributed by atoms with Gasteiger partial charge < -0.3 is 4.74 Å². The predicted molar refractivity (Wildman–Crippen MR) is 80.7 cm³/mol. The Labute approximate surface area is 125 Å². The number of rotatable bonds is 4. The molecule has 2 nitrogen and oxygen atoms in total. The topological polar surface area (TPSA) is 26.3 Å². The second-order valence-electron chi connectivity index (χ2n) is 3.68. The van der Waals surface area contributed by atoms with Crippen LogP contribution >= 0.6 is 34.5 Å². The third-order valence-electron chi connectivity index (χ3n) is 2.48. The molecule has 1 aromatic carbocycles. The Morgan fingerprint density at radius 1 is 1.32 bits per heavy atom. The third kappa shape index (κ3) is 3.38. The van der Waals surface area contributed by atoms with Crippen molar-refractivity contribution in [3.05, 3.63) is 56.2 Å². The molecule has 0 bridgehead atoms. The number of para-hydroxylation sites is 1. The fraction of sp³-hybridized carbons (Fsp3) is 0.0714. The van der Waals surface area contributed by atoms with E-state index in [1.807, 2.05) is 24.3 Å². The lowest BCUT2D eigenvalue weighted by atomic mass is 10.1. The quantitative estimate of drug-likeness (QED) is 0.589. The molecular formula is C14H10Cl2O2S. The first-order valence-electron chi connectivity index (χ1n) is 5.42. The highest BCUT2D eigenvalue weighted by Gasteiger charge is 2.11. The Hall–Kier alpha value is -1.29. The van der Waals surface area contributed by atoms with Crippen molar-refractivity contribution in [2.75, 3.05) is 7.11 Å². The highest BCUT2D eigenvalue weighted by Crippen LogP contribution is 2.31. The molecular weight excluding hydrogens is 303 g/mol. The summed E-state index contributed by atoms with van der Waals surface area (Å²) in [6, 6.07) is 9.02. The number of hydrogen-bond donors (Lipinski definition) is 0. The number of halogens is 2. The highest BCUT2D eigenvalue weighted by atomic mass is 35.5. The first kappa shape index (κ1) is 14.1. The predicted octanol–water partition coefficient (Wildman–Crippen LogP) is 4.96. The molecule has 2 rings (SSSR count). The van der Waals surface area contributed by atoms with Crippen molar-refractivity contribution in [3.63, 3.8) is 0 Å². The van der Waals surface area contributed by atoms with E-state index in [2.05, 4.69) is 0 Å². The van der Waals surface area contributed by atoms with Gasteiger partial charge in [0.05, 0.1) is 17.0 Å². The molecule has 0 radical (unpaired) electrons. The lowest BCUT2D eigenvalue weighted by Crippen LogP contribution is -1.92. The van der Waals surface area contributed by atoms with Gasteiger partial charge in [0.15, 0.2) is 5.78 Å². The second kappa shape index (κ2) is 6.24. The maximum Gasteiger partial charge on any atom is 0.188 e. The molecule has 0 aliphatic rings. The molecule has 0 aliphatic carbocycles. The van der Waals surface area contributed by atoms with Gasteiger partial charge in [0, 0.05) is 5.56 Å². The SMILES string of the molecule is COc1ccccc1/C=C/C(=O)c1cc(Cl)sc1Cl. The number of ketones is 1. The summed E-state index contributed by atoms with van der Waals surface area (Å²) in [5.41, 5.74) is 1.25. The molecule has 0 fully saturated rings. The van der Waals surface area contributed by atoms with Crippen LogP contribution in [0.5, 0.6) is 5.75 Å². The number of carbonyl (C=O) groups is 1.